The Morgan fingerprint density at radius 1 is 1.15 bits per heavy atom. The number of amides is 2. The number of hydrogen-bond acceptors (Lipinski definition) is 8. The average molecular weight is 480 g/mol. The molecule has 1 aliphatic heterocycles. The van der Waals surface area contributed by atoms with E-state index >= 15 is 0 Å². The molecule has 10 nitrogen and oxygen atoms in total. The SMILES string of the molecule is CCOc1ccc(C(N)=O)cc1Nc1nc2c(ccc3[nH]c(C(=O)N4CCN(C)CC4)nc32)s1. The van der Waals surface area contributed by atoms with Crippen molar-refractivity contribution in [2.24, 2.45) is 5.73 Å². The maximum Gasteiger partial charge on any atom is 0.289 e. The third-order valence-electron chi connectivity index (χ3n) is 5.81. The molecular weight excluding hydrogens is 454 g/mol. The number of imidazole rings is 1. The second kappa shape index (κ2) is 8.92. The Balaban J connectivity index is 1.47. The quantitative estimate of drug-likeness (QED) is 0.388. The summed E-state index contributed by atoms with van der Waals surface area (Å²) >= 11 is 1.45. The van der Waals surface area contributed by atoms with E-state index in [0.29, 0.717) is 58.7 Å². The number of aromatic nitrogens is 3. The van der Waals surface area contributed by atoms with Crippen molar-refractivity contribution >= 4 is 55.2 Å². The van der Waals surface area contributed by atoms with E-state index < -0.39 is 5.91 Å². The molecule has 0 radical (unpaired) electrons. The number of benzene rings is 2. The van der Waals surface area contributed by atoms with Gasteiger partial charge in [0.15, 0.2) is 11.0 Å². The highest BCUT2D eigenvalue weighted by Gasteiger charge is 2.24. The van der Waals surface area contributed by atoms with Gasteiger partial charge in [-0.3, -0.25) is 9.59 Å². The fraction of sp³-hybridized carbons (Fsp3) is 0.304. The molecule has 34 heavy (non-hydrogen) atoms. The Morgan fingerprint density at radius 2 is 1.94 bits per heavy atom. The molecule has 0 atom stereocenters. The Hall–Kier alpha value is -3.70. The van der Waals surface area contributed by atoms with E-state index in [1.54, 1.807) is 18.2 Å². The van der Waals surface area contributed by atoms with Crippen LogP contribution in [0.5, 0.6) is 5.75 Å². The van der Waals surface area contributed by atoms with Crippen LogP contribution in [0.4, 0.5) is 10.8 Å². The van der Waals surface area contributed by atoms with Crippen molar-refractivity contribution in [1.82, 2.24) is 24.8 Å². The highest BCUT2D eigenvalue weighted by molar-refractivity contribution is 7.22. The molecule has 0 unspecified atom stereocenters. The van der Waals surface area contributed by atoms with E-state index in [9.17, 15) is 9.59 Å². The number of piperazine rings is 1. The van der Waals surface area contributed by atoms with E-state index in [1.807, 2.05) is 24.0 Å². The predicted molar refractivity (Wildman–Crippen MR) is 132 cm³/mol. The number of ether oxygens (including phenoxy) is 1. The summed E-state index contributed by atoms with van der Waals surface area (Å²) in [4.78, 5) is 41.1. The van der Waals surface area contributed by atoms with Gasteiger partial charge in [0.05, 0.1) is 22.5 Å². The second-order valence-electron chi connectivity index (χ2n) is 8.14. The summed E-state index contributed by atoms with van der Waals surface area (Å²) in [5.74, 6) is 0.293. The first-order valence-electron chi connectivity index (χ1n) is 11.0. The van der Waals surface area contributed by atoms with Crippen molar-refractivity contribution in [3.05, 3.63) is 41.7 Å². The van der Waals surface area contributed by atoms with Crippen LogP contribution in [0.1, 0.15) is 27.9 Å². The van der Waals surface area contributed by atoms with Gasteiger partial charge in [-0.15, -0.1) is 0 Å². The molecule has 4 N–H and O–H groups in total. The van der Waals surface area contributed by atoms with Gasteiger partial charge in [0.25, 0.3) is 5.91 Å². The molecule has 0 spiro atoms. The van der Waals surface area contributed by atoms with Crippen molar-refractivity contribution in [2.75, 3.05) is 45.2 Å². The molecule has 2 amide bonds. The Bertz CT molecular complexity index is 1390. The number of nitrogens with two attached hydrogens (primary N) is 1. The van der Waals surface area contributed by atoms with Gasteiger partial charge in [-0.25, -0.2) is 9.97 Å². The van der Waals surface area contributed by atoms with Gasteiger partial charge >= 0.3 is 0 Å². The van der Waals surface area contributed by atoms with Crippen LogP contribution >= 0.6 is 11.3 Å². The Labute approximate surface area is 199 Å². The summed E-state index contributed by atoms with van der Waals surface area (Å²) in [5.41, 5.74) is 8.52. The van der Waals surface area contributed by atoms with Gasteiger partial charge < -0.3 is 30.6 Å². The summed E-state index contributed by atoms with van der Waals surface area (Å²) in [6.07, 6.45) is 0. The zero-order chi connectivity index (χ0) is 23.8. The van der Waals surface area contributed by atoms with Crippen LogP contribution in [0.2, 0.25) is 0 Å². The van der Waals surface area contributed by atoms with Crippen molar-refractivity contribution in [2.45, 2.75) is 6.92 Å². The number of fused-ring (bicyclic) bond motifs is 3. The van der Waals surface area contributed by atoms with E-state index in [0.717, 1.165) is 23.3 Å². The van der Waals surface area contributed by atoms with Crippen LogP contribution < -0.4 is 15.8 Å². The molecule has 0 saturated carbocycles. The van der Waals surface area contributed by atoms with Crippen molar-refractivity contribution < 1.29 is 14.3 Å². The van der Waals surface area contributed by atoms with Gasteiger partial charge in [0.2, 0.25) is 5.91 Å². The molecule has 2 aromatic carbocycles. The molecule has 4 aromatic rings. The number of H-pyrrole nitrogens is 1. The van der Waals surface area contributed by atoms with Crippen molar-refractivity contribution in [3.8, 4) is 5.75 Å². The molecule has 1 saturated heterocycles. The van der Waals surface area contributed by atoms with Crippen LogP contribution in [0.15, 0.2) is 30.3 Å². The molecule has 5 rings (SSSR count). The highest BCUT2D eigenvalue weighted by Crippen LogP contribution is 2.35. The van der Waals surface area contributed by atoms with Crippen molar-refractivity contribution in [1.29, 1.82) is 0 Å². The Kier molecular flexibility index (Phi) is 5.80. The predicted octanol–water partition coefficient (Wildman–Crippen LogP) is 2.80. The normalized spacial score (nSPS) is 14.6. The Morgan fingerprint density at radius 3 is 2.68 bits per heavy atom. The van der Waals surface area contributed by atoms with Gasteiger partial charge in [-0.1, -0.05) is 11.3 Å². The molecule has 3 heterocycles. The van der Waals surface area contributed by atoms with E-state index in [-0.39, 0.29) is 5.91 Å². The molecular formula is C23H25N7O3S. The van der Waals surface area contributed by atoms with Gasteiger partial charge in [-0.2, -0.15) is 0 Å². The minimum absolute atomic E-state index is 0.101. The molecule has 0 bridgehead atoms. The molecule has 11 heteroatoms. The van der Waals surface area contributed by atoms with E-state index in [1.165, 1.54) is 11.3 Å². The number of rotatable bonds is 6. The lowest BCUT2D eigenvalue weighted by atomic mass is 10.2. The van der Waals surface area contributed by atoms with Crippen LogP contribution in [0.3, 0.4) is 0 Å². The van der Waals surface area contributed by atoms with Crippen LogP contribution in [0, 0.1) is 0 Å². The molecule has 1 fully saturated rings. The molecule has 1 aliphatic rings. The topological polar surface area (TPSA) is 129 Å². The minimum atomic E-state index is -0.522. The third kappa shape index (κ3) is 4.15. The molecule has 0 aliphatic carbocycles. The standard InChI is InChI=1S/C23H25N7O3S/c1-3-33-16-6-4-13(20(24)31)12-15(16)26-23-28-19-17(34-23)7-5-14-18(19)27-21(25-14)22(32)30-10-8-29(2)9-11-30/h4-7,12H,3,8-11H2,1-2H3,(H2,24,31)(H,25,27)(H,26,28). The second-order valence-corrected chi connectivity index (χ2v) is 9.17. The number of nitrogens with one attached hydrogen (secondary N) is 2. The number of hydrogen-bond donors (Lipinski definition) is 3. The number of carbonyl (C=O) groups is 2. The van der Waals surface area contributed by atoms with Crippen molar-refractivity contribution in [3.63, 3.8) is 0 Å². The summed E-state index contributed by atoms with van der Waals surface area (Å²) in [6.45, 7) is 5.41. The fourth-order valence-electron chi connectivity index (χ4n) is 3.95. The average Bonchev–Trinajstić information content (AvgIpc) is 3.44. The summed E-state index contributed by atoms with van der Waals surface area (Å²) < 4.78 is 6.60. The summed E-state index contributed by atoms with van der Waals surface area (Å²) in [6, 6.07) is 8.85. The van der Waals surface area contributed by atoms with Crippen LogP contribution in [-0.2, 0) is 0 Å². The van der Waals surface area contributed by atoms with Crippen LogP contribution in [-0.4, -0.2) is 76.4 Å². The highest BCUT2D eigenvalue weighted by atomic mass is 32.1. The number of likely N-dealkylation sites (N-methyl/N-ethyl adjacent to an activating group) is 1. The first-order valence-corrected chi connectivity index (χ1v) is 11.9. The lowest BCUT2D eigenvalue weighted by Crippen LogP contribution is -2.47. The lowest BCUT2D eigenvalue weighted by molar-refractivity contribution is 0.0653. The number of thiazole rings is 1. The van der Waals surface area contributed by atoms with Crippen LogP contribution in [0.25, 0.3) is 21.3 Å². The number of carbonyl (C=O) groups excluding carboxylic acids is 2. The maximum absolute atomic E-state index is 13.0. The first-order chi connectivity index (χ1) is 16.4. The number of anilines is 2. The smallest absolute Gasteiger partial charge is 0.289 e. The van der Waals surface area contributed by atoms with E-state index in [4.69, 9.17) is 15.5 Å². The van der Waals surface area contributed by atoms with Gasteiger partial charge in [-0.05, 0) is 44.3 Å². The monoisotopic (exact) mass is 479 g/mol. The number of primary amides is 1. The molecule has 2 aromatic heterocycles. The summed E-state index contributed by atoms with van der Waals surface area (Å²) in [7, 11) is 2.05. The lowest BCUT2D eigenvalue weighted by Gasteiger charge is -2.31. The minimum Gasteiger partial charge on any atom is -0.492 e. The number of aromatic amines is 1. The van der Waals surface area contributed by atoms with Gasteiger partial charge in [0.1, 0.15) is 16.8 Å². The molecule has 176 valence electrons. The van der Waals surface area contributed by atoms with E-state index in [2.05, 4.69) is 27.2 Å². The van der Waals surface area contributed by atoms with Gasteiger partial charge in [0, 0.05) is 31.7 Å². The summed E-state index contributed by atoms with van der Waals surface area (Å²) in [5, 5.41) is 3.86. The first kappa shape index (κ1) is 22.1. The third-order valence-corrected chi connectivity index (χ3v) is 6.75. The zero-order valence-corrected chi connectivity index (χ0v) is 19.7. The zero-order valence-electron chi connectivity index (χ0n) is 18.9. The largest absolute Gasteiger partial charge is 0.492 e. The maximum atomic E-state index is 13.0. The number of nitrogens with zero attached hydrogens (tertiary/aromatic N) is 4. The fourth-order valence-corrected chi connectivity index (χ4v) is 4.83.